The first-order valence-corrected chi connectivity index (χ1v) is 9.57. The molecule has 0 spiro atoms. The third-order valence-electron chi connectivity index (χ3n) is 2.43. The van der Waals surface area contributed by atoms with E-state index in [-0.39, 0.29) is 20.1 Å². The summed E-state index contributed by atoms with van der Waals surface area (Å²) in [6.45, 7) is 0. The van der Waals surface area contributed by atoms with Gasteiger partial charge in [0.2, 0.25) is 0 Å². The van der Waals surface area contributed by atoms with Crippen molar-refractivity contribution in [3.63, 3.8) is 0 Å². The van der Waals surface area contributed by atoms with Gasteiger partial charge in [-0.3, -0.25) is 4.72 Å². The minimum absolute atomic E-state index is 0.0398. The number of hydrogen-bond donors (Lipinski definition) is 1. The molecule has 2 rings (SSSR count). The molecule has 21 heavy (non-hydrogen) atoms. The average molecular weight is 522 g/mol. The molecule has 0 radical (unpaired) electrons. The lowest BCUT2D eigenvalue weighted by atomic mass is 10.3. The van der Waals surface area contributed by atoms with Crippen molar-refractivity contribution in [3.05, 3.63) is 54.6 Å². The van der Waals surface area contributed by atoms with E-state index in [0.29, 0.717) is 4.47 Å². The van der Waals surface area contributed by atoms with E-state index < -0.39 is 15.8 Å². The molecule has 112 valence electrons. The van der Waals surface area contributed by atoms with Gasteiger partial charge >= 0.3 is 0 Å². The van der Waals surface area contributed by atoms with Gasteiger partial charge in [0.15, 0.2) is 0 Å². The van der Waals surface area contributed by atoms with E-state index in [1.807, 2.05) is 0 Å². The van der Waals surface area contributed by atoms with Gasteiger partial charge in [-0.2, -0.15) is 0 Å². The van der Waals surface area contributed by atoms with E-state index >= 15 is 0 Å². The van der Waals surface area contributed by atoms with E-state index in [2.05, 4.69) is 52.5 Å². The normalized spacial score (nSPS) is 11.5. The number of halogens is 5. The van der Waals surface area contributed by atoms with Crippen molar-refractivity contribution >= 4 is 75.1 Å². The Morgan fingerprint density at radius 2 is 1.71 bits per heavy atom. The smallest absolute Gasteiger partial charge is 0.263 e. The lowest BCUT2D eigenvalue weighted by Crippen LogP contribution is -2.14. The molecule has 1 N–H and O–H groups in total. The van der Waals surface area contributed by atoms with E-state index in [1.165, 1.54) is 6.07 Å². The van der Waals surface area contributed by atoms with Crippen LogP contribution in [0.4, 0.5) is 10.1 Å². The highest BCUT2D eigenvalue weighted by molar-refractivity contribution is 9.11. The van der Waals surface area contributed by atoms with Gasteiger partial charge in [0, 0.05) is 13.4 Å². The summed E-state index contributed by atoms with van der Waals surface area (Å²) in [5, 5.41) is -0.0429. The number of rotatable bonds is 3. The molecule has 0 saturated carbocycles. The second kappa shape index (κ2) is 6.54. The summed E-state index contributed by atoms with van der Waals surface area (Å²) in [6, 6.07) is 6.79. The first-order chi connectivity index (χ1) is 9.70. The molecule has 2 aromatic rings. The zero-order chi connectivity index (χ0) is 15.8. The van der Waals surface area contributed by atoms with Gasteiger partial charge in [-0.15, -0.1) is 0 Å². The third-order valence-corrected chi connectivity index (χ3v) is 6.17. The minimum Gasteiger partial charge on any atom is -0.277 e. The van der Waals surface area contributed by atoms with Gasteiger partial charge in [-0.25, -0.2) is 12.8 Å². The van der Waals surface area contributed by atoms with E-state index in [9.17, 15) is 12.8 Å². The van der Waals surface area contributed by atoms with Crippen molar-refractivity contribution in [2.75, 3.05) is 4.72 Å². The summed E-state index contributed by atoms with van der Waals surface area (Å²) >= 11 is 15.4. The zero-order valence-electron chi connectivity index (χ0n) is 10.0. The number of sulfonamides is 1. The van der Waals surface area contributed by atoms with Crippen LogP contribution in [-0.4, -0.2) is 8.42 Å². The summed E-state index contributed by atoms with van der Waals surface area (Å²) in [6.07, 6.45) is 0. The van der Waals surface area contributed by atoms with Gasteiger partial charge in [0.25, 0.3) is 10.0 Å². The van der Waals surface area contributed by atoms with Gasteiger partial charge in [-0.05, 0) is 62.2 Å². The average Bonchev–Trinajstić information content (AvgIpc) is 2.33. The van der Waals surface area contributed by atoms with Crippen LogP contribution in [0.3, 0.4) is 0 Å². The topological polar surface area (TPSA) is 46.2 Å². The molecule has 0 saturated heterocycles. The summed E-state index contributed by atoms with van der Waals surface area (Å²) in [5.74, 6) is -0.570. The molecule has 0 fully saturated rings. The lowest BCUT2D eigenvalue weighted by molar-refractivity contribution is 0.600. The zero-order valence-corrected chi connectivity index (χ0v) is 16.3. The predicted molar refractivity (Wildman–Crippen MR) is 91.8 cm³/mol. The SMILES string of the molecule is O=S(=O)(Nc1c(Cl)cc(F)cc1Br)c1ccc(Br)cc1Br. The van der Waals surface area contributed by atoms with Crippen LogP contribution in [0, 0.1) is 5.82 Å². The Labute approximate surface area is 151 Å². The van der Waals surface area contributed by atoms with Crippen molar-refractivity contribution in [1.82, 2.24) is 0 Å². The van der Waals surface area contributed by atoms with E-state index in [1.54, 1.807) is 12.1 Å². The number of nitrogens with one attached hydrogen (secondary N) is 1. The molecule has 0 atom stereocenters. The summed E-state index contributed by atoms with van der Waals surface area (Å²) in [5.41, 5.74) is 0.0767. The van der Waals surface area contributed by atoms with Crippen LogP contribution in [0.5, 0.6) is 0 Å². The van der Waals surface area contributed by atoms with Crippen LogP contribution in [-0.2, 0) is 10.0 Å². The quantitative estimate of drug-likeness (QED) is 0.574. The van der Waals surface area contributed by atoms with E-state index in [4.69, 9.17) is 11.6 Å². The summed E-state index contributed by atoms with van der Waals surface area (Å²) in [7, 11) is -3.87. The Hall–Kier alpha value is -0.150. The molecular formula is C12H6Br3ClFNO2S. The standard InChI is InChI=1S/C12H6Br3ClFNO2S/c13-6-1-2-11(8(14)3-6)21(19,20)18-12-9(15)4-7(17)5-10(12)16/h1-5,18H. The fourth-order valence-corrected chi connectivity index (χ4v) is 5.46. The first-order valence-electron chi connectivity index (χ1n) is 5.33. The molecule has 0 bridgehead atoms. The Kier molecular flexibility index (Phi) is 5.36. The maximum absolute atomic E-state index is 13.2. The van der Waals surface area contributed by atoms with Crippen LogP contribution >= 0.6 is 59.4 Å². The van der Waals surface area contributed by atoms with Crippen molar-refractivity contribution in [1.29, 1.82) is 0 Å². The minimum atomic E-state index is -3.87. The summed E-state index contributed by atoms with van der Waals surface area (Å²) in [4.78, 5) is 0.0398. The molecule has 3 nitrogen and oxygen atoms in total. The van der Waals surface area contributed by atoms with Gasteiger partial charge in [0.05, 0.1) is 10.7 Å². The van der Waals surface area contributed by atoms with Gasteiger partial charge < -0.3 is 0 Å². The van der Waals surface area contributed by atoms with Crippen molar-refractivity contribution in [3.8, 4) is 0 Å². The third kappa shape index (κ3) is 3.98. The van der Waals surface area contributed by atoms with E-state index in [0.717, 1.165) is 16.6 Å². The largest absolute Gasteiger partial charge is 0.277 e. The molecule has 2 aromatic carbocycles. The van der Waals surface area contributed by atoms with Crippen molar-refractivity contribution < 1.29 is 12.8 Å². The highest BCUT2D eigenvalue weighted by atomic mass is 79.9. The number of hydrogen-bond acceptors (Lipinski definition) is 2. The Bertz CT molecular complexity index is 791. The fourth-order valence-electron chi connectivity index (χ4n) is 1.52. The number of benzene rings is 2. The molecule has 0 aliphatic carbocycles. The van der Waals surface area contributed by atoms with Crippen LogP contribution in [0.1, 0.15) is 0 Å². The lowest BCUT2D eigenvalue weighted by Gasteiger charge is -2.13. The van der Waals surface area contributed by atoms with Crippen LogP contribution < -0.4 is 4.72 Å². The highest BCUT2D eigenvalue weighted by Gasteiger charge is 2.21. The molecule has 0 aliphatic heterocycles. The Morgan fingerprint density at radius 3 is 2.29 bits per heavy atom. The first kappa shape index (κ1) is 17.2. The Morgan fingerprint density at radius 1 is 1.05 bits per heavy atom. The van der Waals surface area contributed by atoms with Crippen LogP contribution in [0.15, 0.2) is 48.6 Å². The van der Waals surface area contributed by atoms with Crippen molar-refractivity contribution in [2.24, 2.45) is 0 Å². The van der Waals surface area contributed by atoms with Crippen LogP contribution in [0.2, 0.25) is 5.02 Å². The second-order valence-electron chi connectivity index (χ2n) is 3.92. The van der Waals surface area contributed by atoms with Crippen LogP contribution in [0.25, 0.3) is 0 Å². The Balaban J connectivity index is 2.47. The molecule has 0 heterocycles. The molecule has 0 unspecified atom stereocenters. The van der Waals surface area contributed by atoms with Crippen molar-refractivity contribution in [2.45, 2.75) is 4.90 Å². The van der Waals surface area contributed by atoms with Gasteiger partial charge in [0.1, 0.15) is 10.7 Å². The molecular weight excluding hydrogens is 516 g/mol. The molecule has 0 aromatic heterocycles. The second-order valence-corrected chi connectivity index (χ2v) is 8.61. The maximum atomic E-state index is 13.2. The highest BCUT2D eigenvalue weighted by Crippen LogP contribution is 2.34. The fraction of sp³-hybridized carbons (Fsp3) is 0. The maximum Gasteiger partial charge on any atom is 0.263 e. The molecule has 0 amide bonds. The predicted octanol–water partition coefficient (Wildman–Crippen LogP) is 5.57. The number of anilines is 1. The van der Waals surface area contributed by atoms with Gasteiger partial charge in [-0.1, -0.05) is 27.5 Å². The molecule has 0 aliphatic rings. The monoisotopic (exact) mass is 519 g/mol. The molecule has 9 heteroatoms. The summed E-state index contributed by atoms with van der Waals surface area (Å²) < 4.78 is 41.6.